The fraction of sp³-hybridized carbons (Fsp3) is 0.125. The molecular weight excluding hydrogens is 454 g/mol. The minimum atomic E-state index is -0.608. The third-order valence-electron chi connectivity index (χ3n) is 5.23. The van der Waals surface area contributed by atoms with Crippen LogP contribution in [0.1, 0.15) is 41.4 Å². The Morgan fingerprint density at radius 3 is 2.50 bits per heavy atom. The summed E-state index contributed by atoms with van der Waals surface area (Å²) in [7, 11) is 0. The van der Waals surface area contributed by atoms with Crippen molar-refractivity contribution >= 4 is 51.6 Å². The minimum absolute atomic E-state index is 0.0295. The van der Waals surface area contributed by atoms with E-state index < -0.39 is 6.03 Å². The van der Waals surface area contributed by atoms with Gasteiger partial charge in [0, 0.05) is 17.8 Å². The molecule has 2 heterocycles. The molecule has 4 aromatic rings. The van der Waals surface area contributed by atoms with Gasteiger partial charge < -0.3 is 20.9 Å². The zero-order chi connectivity index (χ0) is 24.4. The monoisotopic (exact) mass is 473 g/mol. The van der Waals surface area contributed by atoms with Crippen LogP contribution in [0.25, 0.3) is 11.0 Å². The van der Waals surface area contributed by atoms with E-state index in [1.165, 1.54) is 6.33 Å². The van der Waals surface area contributed by atoms with Crippen molar-refractivity contribution in [3.05, 3.63) is 76.7 Å². The first kappa shape index (κ1) is 22.8. The number of hydrogen-bond donors (Lipinski definition) is 3. The first-order chi connectivity index (χ1) is 16.3. The fourth-order valence-corrected chi connectivity index (χ4v) is 3.85. The van der Waals surface area contributed by atoms with E-state index >= 15 is 0 Å². The lowest BCUT2D eigenvalue weighted by Crippen LogP contribution is -2.20. The highest BCUT2D eigenvalue weighted by Gasteiger charge is 2.24. The molecule has 0 spiro atoms. The molecule has 2 aromatic carbocycles. The smallest absolute Gasteiger partial charge is 0.323 e. The van der Waals surface area contributed by atoms with Gasteiger partial charge in [-0.05, 0) is 38.1 Å². The molecule has 0 atom stereocenters. The number of hydrogen-bond acceptors (Lipinski definition) is 6. The molecule has 0 bridgehead atoms. The standard InChI is InChI=1S/C24H20ClN7O2/c1-13(2)32-11-16(19-22(27)28-12-29-23(19)32)21(33)15-7-5-9-18(20(15)25)31-24(34)30-17-8-4-3-6-14(17)10-26/h3-9,11-13H,1-2H3,(H2,27,28,29)(H2,30,31,34). The highest BCUT2D eigenvalue weighted by atomic mass is 35.5. The number of para-hydroxylation sites is 1. The summed E-state index contributed by atoms with van der Waals surface area (Å²) in [6, 6.07) is 12.8. The number of fused-ring (bicyclic) bond motifs is 1. The van der Waals surface area contributed by atoms with E-state index in [2.05, 4.69) is 20.6 Å². The van der Waals surface area contributed by atoms with Crippen LogP contribution in [0.15, 0.2) is 55.0 Å². The number of nitrogens with two attached hydrogens (primary N) is 1. The Morgan fingerprint density at radius 2 is 1.76 bits per heavy atom. The van der Waals surface area contributed by atoms with Crippen LogP contribution in [-0.4, -0.2) is 26.3 Å². The summed E-state index contributed by atoms with van der Waals surface area (Å²) in [6.45, 7) is 3.93. The van der Waals surface area contributed by atoms with Crippen LogP contribution >= 0.6 is 11.6 Å². The molecule has 0 aliphatic heterocycles. The number of halogens is 1. The molecule has 4 rings (SSSR count). The number of urea groups is 1. The Kier molecular flexibility index (Phi) is 6.17. The van der Waals surface area contributed by atoms with E-state index in [1.807, 2.05) is 24.5 Å². The van der Waals surface area contributed by atoms with Gasteiger partial charge in [0.15, 0.2) is 5.78 Å². The Balaban J connectivity index is 1.67. The molecule has 0 radical (unpaired) electrons. The summed E-state index contributed by atoms with van der Waals surface area (Å²) in [4.78, 5) is 34.4. The van der Waals surface area contributed by atoms with Crippen LogP contribution in [0.3, 0.4) is 0 Å². The van der Waals surface area contributed by atoms with Crippen LogP contribution in [0.2, 0.25) is 5.02 Å². The number of ketones is 1. The third-order valence-corrected chi connectivity index (χ3v) is 5.63. The zero-order valence-electron chi connectivity index (χ0n) is 18.3. The number of nitrogens with one attached hydrogen (secondary N) is 2. The molecule has 0 saturated heterocycles. The molecular formula is C24H20ClN7O2. The lowest BCUT2D eigenvalue weighted by Gasteiger charge is -2.12. The highest BCUT2D eigenvalue weighted by molar-refractivity contribution is 6.38. The number of nitriles is 1. The molecule has 0 aliphatic rings. The van der Waals surface area contributed by atoms with Gasteiger partial charge in [-0.3, -0.25) is 4.79 Å². The predicted octanol–water partition coefficient (Wildman–Crippen LogP) is 4.99. The van der Waals surface area contributed by atoms with E-state index in [1.54, 1.807) is 48.7 Å². The van der Waals surface area contributed by atoms with Crippen LogP contribution in [-0.2, 0) is 0 Å². The molecule has 2 aromatic heterocycles. The summed E-state index contributed by atoms with van der Waals surface area (Å²) in [5, 5.41) is 15.0. The Hall–Kier alpha value is -4.42. The largest absolute Gasteiger partial charge is 0.383 e. The highest BCUT2D eigenvalue weighted by Crippen LogP contribution is 2.32. The Bertz CT molecular complexity index is 1470. The molecule has 9 nitrogen and oxygen atoms in total. The van der Waals surface area contributed by atoms with Crippen LogP contribution < -0.4 is 16.4 Å². The lowest BCUT2D eigenvalue weighted by atomic mass is 10.0. The van der Waals surface area contributed by atoms with Crippen molar-refractivity contribution in [2.45, 2.75) is 19.9 Å². The summed E-state index contributed by atoms with van der Waals surface area (Å²) in [6.07, 6.45) is 3.04. The normalized spacial score (nSPS) is 10.8. The van der Waals surface area contributed by atoms with Gasteiger partial charge in [0.05, 0.1) is 32.9 Å². The molecule has 2 amide bonds. The summed E-state index contributed by atoms with van der Waals surface area (Å²) in [5.41, 5.74) is 8.02. The van der Waals surface area contributed by atoms with Crippen molar-refractivity contribution < 1.29 is 9.59 Å². The average Bonchev–Trinajstić information content (AvgIpc) is 3.22. The van der Waals surface area contributed by atoms with Crippen molar-refractivity contribution in [1.82, 2.24) is 14.5 Å². The third kappa shape index (κ3) is 4.14. The van der Waals surface area contributed by atoms with Gasteiger partial charge in [-0.2, -0.15) is 5.26 Å². The minimum Gasteiger partial charge on any atom is -0.383 e. The molecule has 0 aliphatic carbocycles. The van der Waals surface area contributed by atoms with Gasteiger partial charge >= 0.3 is 6.03 Å². The fourth-order valence-electron chi connectivity index (χ4n) is 3.59. The van der Waals surface area contributed by atoms with Crippen molar-refractivity contribution in [3.8, 4) is 6.07 Å². The molecule has 0 unspecified atom stereocenters. The molecule has 0 saturated carbocycles. The number of carbonyl (C=O) groups is 2. The van der Waals surface area contributed by atoms with Gasteiger partial charge in [-0.15, -0.1) is 0 Å². The molecule has 10 heteroatoms. The number of anilines is 3. The number of benzene rings is 2. The summed E-state index contributed by atoms with van der Waals surface area (Å²) >= 11 is 6.53. The maximum absolute atomic E-state index is 13.5. The second kappa shape index (κ2) is 9.21. The average molecular weight is 474 g/mol. The van der Waals surface area contributed by atoms with Gasteiger partial charge in [0.25, 0.3) is 0 Å². The van der Waals surface area contributed by atoms with Crippen LogP contribution in [0.4, 0.5) is 22.0 Å². The molecule has 34 heavy (non-hydrogen) atoms. The van der Waals surface area contributed by atoms with Gasteiger partial charge in [0.2, 0.25) is 0 Å². The topological polar surface area (TPSA) is 139 Å². The van der Waals surface area contributed by atoms with Gasteiger partial charge in [-0.1, -0.05) is 29.8 Å². The van der Waals surface area contributed by atoms with E-state index in [9.17, 15) is 14.9 Å². The quantitative estimate of drug-likeness (QED) is 0.349. The molecule has 170 valence electrons. The number of nitrogens with zero attached hydrogens (tertiary/aromatic N) is 4. The lowest BCUT2D eigenvalue weighted by molar-refractivity contribution is 0.104. The van der Waals surface area contributed by atoms with Gasteiger partial charge in [-0.25, -0.2) is 14.8 Å². The zero-order valence-corrected chi connectivity index (χ0v) is 19.1. The number of nitrogen functional groups attached to an aromatic ring is 1. The van der Waals surface area contributed by atoms with Crippen molar-refractivity contribution in [3.63, 3.8) is 0 Å². The Labute approximate surface area is 200 Å². The SMILES string of the molecule is CC(C)n1cc(C(=O)c2cccc(NC(=O)Nc3ccccc3C#N)c2Cl)c2c(N)ncnc21. The maximum atomic E-state index is 13.5. The van der Waals surface area contributed by atoms with Crippen molar-refractivity contribution in [1.29, 1.82) is 5.26 Å². The summed E-state index contributed by atoms with van der Waals surface area (Å²) < 4.78 is 1.84. The maximum Gasteiger partial charge on any atom is 0.323 e. The van der Waals surface area contributed by atoms with Gasteiger partial charge in [0.1, 0.15) is 23.9 Å². The second-order valence-corrected chi connectivity index (χ2v) is 8.11. The Morgan fingerprint density at radius 1 is 1.06 bits per heavy atom. The first-order valence-electron chi connectivity index (χ1n) is 10.3. The number of carbonyl (C=O) groups excluding carboxylic acids is 2. The molecule has 0 fully saturated rings. The van der Waals surface area contributed by atoms with E-state index in [0.29, 0.717) is 27.8 Å². The number of amides is 2. The van der Waals surface area contributed by atoms with Crippen LogP contribution in [0, 0.1) is 11.3 Å². The van der Waals surface area contributed by atoms with Crippen LogP contribution in [0.5, 0.6) is 0 Å². The second-order valence-electron chi connectivity index (χ2n) is 7.73. The number of aromatic nitrogens is 3. The van der Waals surface area contributed by atoms with E-state index in [4.69, 9.17) is 17.3 Å². The van der Waals surface area contributed by atoms with Crippen molar-refractivity contribution in [2.75, 3.05) is 16.4 Å². The molecule has 4 N–H and O–H groups in total. The summed E-state index contributed by atoms with van der Waals surface area (Å²) in [5.74, 6) is -0.191. The van der Waals surface area contributed by atoms with E-state index in [-0.39, 0.29) is 33.9 Å². The van der Waals surface area contributed by atoms with Crippen molar-refractivity contribution in [2.24, 2.45) is 0 Å². The predicted molar refractivity (Wildman–Crippen MR) is 131 cm³/mol. The number of rotatable bonds is 5. The van der Waals surface area contributed by atoms with E-state index in [0.717, 1.165) is 0 Å². The first-order valence-corrected chi connectivity index (χ1v) is 10.7.